The van der Waals surface area contributed by atoms with Gasteiger partial charge in [0, 0.05) is 41.0 Å². The van der Waals surface area contributed by atoms with Crippen LogP contribution in [0.25, 0.3) is 21.8 Å². The van der Waals surface area contributed by atoms with Crippen LogP contribution in [0.15, 0.2) is 42.7 Å². The number of carbonyl (C=O) groups excluding carboxylic acids is 1. The molecule has 0 fully saturated rings. The van der Waals surface area contributed by atoms with E-state index >= 15 is 0 Å². The maximum Gasteiger partial charge on any atom is 0.435 e. The van der Waals surface area contributed by atoms with Gasteiger partial charge in [0.05, 0.1) is 27.9 Å². The molecule has 0 bridgehead atoms. The normalized spacial score (nSPS) is 11.0. The fourth-order valence-corrected chi connectivity index (χ4v) is 3.61. The van der Waals surface area contributed by atoms with Gasteiger partial charge in [-0.2, -0.15) is 23.3 Å². The Bertz CT molecular complexity index is 1600. The number of pyridine rings is 1. The third kappa shape index (κ3) is 5.57. The first kappa shape index (κ1) is 26.9. The van der Waals surface area contributed by atoms with Gasteiger partial charge in [-0.1, -0.05) is 0 Å². The van der Waals surface area contributed by atoms with Crippen molar-refractivity contribution in [2.75, 3.05) is 26.6 Å². The minimum atomic E-state index is -4.69. The highest BCUT2D eigenvalue weighted by Crippen LogP contribution is 2.34. The Kier molecular flexibility index (Phi) is 7.34. The first-order chi connectivity index (χ1) is 18.6. The number of aromatic nitrogens is 5. The number of carbonyl (C=O) groups is 1. The van der Waals surface area contributed by atoms with Crippen LogP contribution in [0, 0.1) is 13.5 Å². The Hall–Kier alpha value is -5.19. The average molecular weight is 539 g/mol. The Morgan fingerprint density at radius 1 is 1.05 bits per heavy atom. The van der Waals surface area contributed by atoms with E-state index in [-0.39, 0.29) is 45.7 Å². The number of methoxy groups -OCH3 is 3. The number of esters is 1. The topological polar surface area (TPSA) is 118 Å². The number of nitrogens with one attached hydrogen (secondary N) is 1. The van der Waals surface area contributed by atoms with Crippen LogP contribution in [-0.2, 0) is 10.9 Å². The van der Waals surface area contributed by atoms with Gasteiger partial charge in [0.15, 0.2) is 17.2 Å². The van der Waals surface area contributed by atoms with Crippen LogP contribution in [-0.4, -0.2) is 52.0 Å². The summed E-state index contributed by atoms with van der Waals surface area (Å²) in [7, 11) is 3.96. The number of benzene rings is 1. The molecule has 11 nitrogen and oxygen atoms in total. The molecule has 0 aliphatic carbocycles. The minimum Gasteiger partial charge on any atom is -0.498 e. The highest BCUT2D eigenvalue weighted by Gasteiger charge is 2.35. The number of ether oxygens (including phenoxy) is 3. The lowest BCUT2D eigenvalue weighted by Gasteiger charge is -2.14. The maximum absolute atomic E-state index is 13.5. The van der Waals surface area contributed by atoms with Gasteiger partial charge in [0.2, 0.25) is 11.8 Å². The van der Waals surface area contributed by atoms with Gasteiger partial charge in [0.1, 0.15) is 11.3 Å². The van der Waals surface area contributed by atoms with Gasteiger partial charge in [-0.25, -0.2) is 24.3 Å². The second-order valence-corrected chi connectivity index (χ2v) is 7.94. The van der Waals surface area contributed by atoms with Crippen molar-refractivity contribution < 1.29 is 32.2 Å². The first-order valence-corrected chi connectivity index (χ1v) is 11.1. The van der Waals surface area contributed by atoms with Gasteiger partial charge < -0.3 is 19.5 Å². The number of halogens is 3. The lowest BCUT2D eigenvalue weighted by Crippen LogP contribution is -2.11. The fourth-order valence-electron chi connectivity index (χ4n) is 3.61. The summed E-state index contributed by atoms with van der Waals surface area (Å²) in [5.74, 6) is -0.368. The van der Waals surface area contributed by atoms with Crippen molar-refractivity contribution in [2.45, 2.75) is 13.1 Å². The van der Waals surface area contributed by atoms with Crippen molar-refractivity contribution in [1.29, 1.82) is 0 Å². The summed E-state index contributed by atoms with van der Waals surface area (Å²) >= 11 is 0. The zero-order valence-electron chi connectivity index (χ0n) is 21.0. The number of anilines is 2. The van der Waals surface area contributed by atoms with Crippen LogP contribution in [0.5, 0.6) is 11.6 Å². The standard InChI is InChI=1S/C25H20F3N7O4/c1-13-6-20(25(26,27)28)34-35(13)21-19(14-7-18(23(36)39-5)22(38-4)30-11-14)12-31-24(33-21)32-16-8-15(29-2)9-17(10-16)37-3/h6-12H,1,3-5H3,(H,31,32,33). The lowest BCUT2D eigenvalue weighted by molar-refractivity contribution is -0.141. The second-order valence-electron chi connectivity index (χ2n) is 7.94. The molecule has 0 saturated heterocycles. The average Bonchev–Trinajstić information content (AvgIpc) is 3.34. The molecule has 39 heavy (non-hydrogen) atoms. The van der Waals surface area contributed by atoms with Crippen molar-refractivity contribution >= 4 is 23.3 Å². The Morgan fingerprint density at radius 2 is 1.82 bits per heavy atom. The van der Waals surface area contributed by atoms with Gasteiger partial charge in [-0.3, -0.25) is 0 Å². The number of rotatable bonds is 7. The van der Waals surface area contributed by atoms with Crippen molar-refractivity contribution in [3.05, 3.63) is 71.1 Å². The van der Waals surface area contributed by atoms with E-state index < -0.39 is 17.8 Å². The van der Waals surface area contributed by atoms with Crippen LogP contribution in [0.2, 0.25) is 0 Å². The zero-order valence-corrected chi connectivity index (χ0v) is 21.0. The predicted octanol–water partition coefficient (Wildman–Crippen LogP) is 5.15. The molecule has 14 heteroatoms. The van der Waals surface area contributed by atoms with Crippen molar-refractivity contribution in [3.63, 3.8) is 0 Å². The second kappa shape index (κ2) is 10.7. The van der Waals surface area contributed by atoms with E-state index in [0.29, 0.717) is 11.4 Å². The highest BCUT2D eigenvalue weighted by molar-refractivity contribution is 5.93. The first-order valence-electron chi connectivity index (χ1n) is 11.1. The zero-order chi connectivity index (χ0) is 28.3. The monoisotopic (exact) mass is 539 g/mol. The molecule has 1 aromatic carbocycles. The molecule has 3 heterocycles. The quantitative estimate of drug-likeness (QED) is 0.251. The fraction of sp³-hybridized carbons (Fsp3) is 0.200. The van der Waals surface area contributed by atoms with E-state index in [1.54, 1.807) is 6.07 Å². The predicted molar refractivity (Wildman–Crippen MR) is 133 cm³/mol. The molecule has 0 radical (unpaired) electrons. The summed E-state index contributed by atoms with van der Waals surface area (Å²) in [4.78, 5) is 28.6. The SMILES string of the molecule is [C-]#[N+]c1cc(Nc2ncc(-c3cnc(OC)c(C(=O)OC)c3)c(-n3nc(C(F)(F)F)cc3C)n2)cc(OC)c1. The molecule has 0 aliphatic heterocycles. The lowest BCUT2D eigenvalue weighted by atomic mass is 10.1. The molecule has 0 saturated carbocycles. The molecule has 0 aliphatic rings. The summed E-state index contributed by atoms with van der Waals surface area (Å²) in [5.41, 5.74) is 0.210. The molecule has 0 atom stereocenters. The molecule has 0 spiro atoms. The minimum absolute atomic E-state index is 0.00365. The highest BCUT2D eigenvalue weighted by atomic mass is 19.4. The molecular formula is C25H20F3N7O4. The van der Waals surface area contributed by atoms with Crippen molar-refractivity contribution in [3.8, 4) is 28.6 Å². The van der Waals surface area contributed by atoms with E-state index in [1.807, 2.05) is 0 Å². The van der Waals surface area contributed by atoms with Gasteiger partial charge >= 0.3 is 12.1 Å². The molecule has 0 unspecified atom stereocenters. The van der Waals surface area contributed by atoms with Gasteiger partial charge in [-0.05, 0) is 31.2 Å². The van der Waals surface area contributed by atoms with Gasteiger partial charge in [0.25, 0.3) is 0 Å². The van der Waals surface area contributed by atoms with E-state index in [2.05, 4.69) is 30.2 Å². The molecule has 200 valence electrons. The molecule has 1 N–H and O–H groups in total. The third-order valence-electron chi connectivity index (χ3n) is 5.42. The smallest absolute Gasteiger partial charge is 0.435 e. The third-order valence-corrected chi connectivity index (χ3v) is 5.42. The maximum atomic E-state index is 13.5. The number of nitrogens with zero attached hydrogens (tertiary/aromatic N) is 6. The Morgan fingerprint density at radius 3 is 2.44 bits per heavy atom. The number of hydrogen-bond donors (Lipinski definition) is 1. The largest absolute Gasteiger partial charge is 0.498 e. The van der Waals surface area contributed by atoms with Crippen molar-refractivity contribution in [1.82, 2.24) is 24.7 Å². The summed E-state index contributed by atoms with van der Waals surface area (Å²) < 4.78 is 56.5. The van der Waals surface area contributed by atoms with E-state index in [9.17, 15) is 18.0 Å². The Labute approximate surface area is 220 Å². The van der Waals surface area contributed by atoms with E-state index in [4.69, 9.17) is 20.8 Å². The molecule has 4 aromatic rings. The van der Waals surface area contributed by atoms with Crippen LogP contribution >= 0.6 is 0 Å². The summed E-state index contributed by atoms with van der Waals surface area (Å²) in [6.07, 6.45) is -1.99. The number of hydrogen-bond acceptors (Lipinski definition) is 9. The van der Waals surface area contributed by atoms with Crippen LogP contribution in [0.1, 0.15) is 21.7 Å². The van der Waals surface area contributed by atoms with E-state index in [1.165, 1.54) is 58.8 Å². The number of alkyl halides is 3. The van der Waals surface area contributed by atoms with Crippen LogP contribution in [0.4, 0.5) is 30.5 Å². The van der Waals surface area contributed by atoms with E-state index in [0.717, 1.165) is 10.7 Å². The molecule has 0 amide bonds. The van der Waals surface area contributed by atoms with Crippen LogP contribution < -0.4 is 14.8 Å². The number of aryl methyl sites for hydroxylation is 1. The Balaban J connectivity index is 1.90. The summed E-state index contributed by atoms with van der Waals surface area (Å²) in [6, 6.07) is 6.96. The molecule has 3 aromatic heterocycles. The molecular weight excluding hydrogens is 519 g/mol. The van der Waals surface area contributed by atoms with Gasteiger partial charge in [-0.15, -0.1) is 0 Å². The van der Waals surface area contributed by atoms with Crippen LogP contribution in [0.3, 0.4) is 0 Å². The van der Waals surface area contributed by atoms with Crippen molar-refractivity contribution in [2.24, 2.45) is 0 Å². The molecule has 4 rings (SSSR count). The summed E-state index contributed by atoms with van der Waals surface area (Å²) in [5, 5.41) is 6.66. The summed E-state index contributed by atoms with van der Waals surface area (Å²) in [6.45, 7) is 8.73.